The third-order valence-corrected chi connectivity index (χ3v) is 3.81. The Hall–Kier alpha value is -3.22. The zero-order valence-corrected chi connectivity index (χ0v) is 15.2. The second kappa shape index (κ2) is 7.77. The molecule has 3 rings (SSSR count). The van der Waals surface area contributed by atoms with E-state index in [9.17, 15) is 4.79 Å². The van der Waals surface area contributed by atoms with E-state index in [1.54, 1.807) is 4.68 Å². The van der Waals surface area contributed by atoms with Crippen molar-refractivity contribution in [3.8, 4) is 5.82 Å². The summed E-state index contributed by atoms with van der Waals surface area (Å²) in [4.78, 5) is 20.6. The highest BCUT2D eigenvalue weighted by molar-refractivity contribution is 5.94. The minimum Gasteiger partial charge on any atom is -0.368 e. The van der Waals surface area contributed by atoms with Crippen molar-refractivity contribution in [1.29, 1.82) is 0 Å². The Balaban J connectivity index is 1.53. The third-order valence-electron chi connectivity index (χ3n) is 3.81. The summed E-state index contributed by atoms with van der Waals surface area (Å²) in [6, 6.07) is 9.55. The average Bonchev–Trinajstić information content (AvgIpc) is 3.04. The summed E-state index contributed by atoms with van der Waals surface area (Å²) in [7, 11) is 0. The normalized spacial score (nSPS) is 10.6. The largest absolute Gasteiger partial charge is 0.368 e. The Bertz CT molecular complexity index is 898. The van der Waals surface area contributed by atoms with Gasteiger partial charge in [-0.05, 0) is 39.0 Å². The number of nitrogens with one attached hydrogen (secondary N) is 2. The molecule has 3 aromatic rings. The van der Waals surface area contributed by atoms with E-state index in [1.807, 2.05) is 57.3 Å². The van der Waals surface area contributed by atoms with E-state index in [0.717, 1.165) is 16.8 Å². The van der Waals surface area contributed by atoms with Crippen LogP contribution in [0.25, 0.3) is 5.82 Å². The smallest absolute Gasteiger partial charge is 0.251 e. The van der Waals surface area contributed by atoms with Crippen molar-refractivity contribution in [3.05, 3.63) is 65.2 Å². The SMILES string of the molecule is Cc1cc(C)cc(C(=O)NCCNc2cc(-n3ccc(C)n3)ncn2)c1. The summed E-state index contributed by atoms with van der Waals surface area (Å²) in [5, 5.41) is 10.4. The predicted octanol–water partition coefficient (Wildman–Crippen LogP) is 2.43. The van der Waals surface area contributed by atoms with Crippen molar-refractivity contribution >= 4 is 11.7 Å². The minimum atomic E-state index is -0.0750. The van der Waals surface area contributed by atoms with Crippen LogP contribution in [0.1, 0.15) is 27.2 Å². The molecule has 0 aliphatic rings. The molecular formula is C19H22N6O. The molecule has 0 aliphatic carbocycles. The van der Waals surface area contributed by atoms with Gasteiger partial charge in [0, 0.05) is 30.9 Å². The third kappa shape index (κ3) is 4.44. The number of aryl methyl sites for hydroxylation is 3. The Morgan fingerprint density at radius 3 is 2.50 bits per heavy atom. The van der Waals surface area contributed by atoms with Crippen LogP contribution < -0.4 is 10.6 Å². The number of hydrogen-bond donors (Lipinski definition) is 2. The molecule has 0 fully saturated rings. The summed E-state index contributed by atoms with van der Waals surface area (Å²) < 4.78 is 1.70. The van der Waals surface area contributed by atoms with Gasteiger partial charge in [0.1, 0.15) is 12.1 Å². The lowest BCUT2D eigenvalue weighted by Crippen LogP contribution is -2.29. The first-order chi connectivity index (χ1) is 12.5. The molecule has 7 heteroatoms. The summed E-state index contributed by atoms with van der Waals surface area (Å²) >= 11 is 0. The van der Waals surface area contributed by atoms with Crippen LogP contribution in [0.15, 0.2) is 42.9 Å². The number of carbonyl (C=O) groups is 1. The Kier molecular flexibility index (Phi) is 5.26. The number of benzene rings is 1. The van der Waals surface area contributed by atoms with Gasteiger partial charge in [-0.1, -0.05) is 17.2 Å². The molecular weight excluding hydrogens is 328 g/mol. The fraction of sp³-hybridized carbons (Fsp3) is 0.263. The molecule has 2 aromatic heterocycles. The van der Waals surface area contributed by atoms with Gasteiger partial charge >= 0.3 is 0 Å². The topological polar surface area (TPSA) is 84.7 Å². The summed E-state index contributed by atoms with van der Waals surface area (Å²) in [5.74, 6) is 1.30. The minimum absolute atomic E-state index is 0.0750. The molecule has 134 valence electrons. The summed E-state index contributed by atoms with van der Waals surface area (Å²) in [6.07, 6.45) is 3.34. The highest BCUT2D eigenvalue weighted by Gasteiger charge is 2.06. The molecule has 0 atom stereocenters. The van der Waals surface area contributed by atoms with Crippen molar-refractivity contribution in [2.75, 3.05) is 18.4 Å². The van der Waals surface area contributed by atoms with Crippen molar-refractivity contribution < 1.29 is 4.79 Å². The van der Waals surface area contributed by atoms with Crippen LogP contribution in [-0.4, -0.2) is 38.7 Å². The second-order valence-corrected chi connectivity index (χ2v) is 6.22. The van der Waals surface area contributed by atoms with Gasteiger partial charge in [-0.2, -0.15) is 5.10 Å². The van der Waals surface area contributed by atoms with E-state index in [4.69, 9.17) is 0 Å². The first kappa shape index (κ1) is 17.6. The molecule has 26 heavy (non-hydrogen) atoms. The first-order valence-corrected chi connectivity index (χ1v) is 8.46. The zero-order valence-electron chi connectivity index (χ0n) is 15.2. The van der Waals surface area contributed by atoms with Crippen LogP contribution in [0.2, 0.25) is 0 Å². The molecule has 0 saturated heterocycles. The second-order valence-electron chi connectivity index (χ2n) is 6.22. The maximum atomic E-state index is 12.2. The number of anilines is 1. The van der Waals surface area contributed by atoms with E-state index in [0.29, 0.717) is 30.3 Å². The quantitative estimate of drug-likeness (QED) is 0.667. The molecule has 0 spiro atoms. The fourth-order valence-corrected chi connectivity index (χ4v) is 2.69. The van der Waals surface area contributed by atoms with Crippen molar-refractivity contribution in [3.63, 3.8) is 0 Å². The lowest BCUT2D eigenvalue weighted by atomic mass is 10.1. The van der Waals surface area contributed by atoms with Gasteiger partial charge in [0.05, 0.1) is 5.69 Å². The van der Waals surface area contributed by atoms with Crippen molar-refractivity contribution in [1.82, 2.24) is 25.1 Å². The summed E-state index contributed by atoms with van der Waals surface area (Å²) in [5.41, 5.74) is 3.76. The predicted molar refractivity (Wildman–Crippen MR) is 101 cm³/mol. The van der Waals surface area contributed by atoms with Crippen LogP contribution in [0.5, 0.6) is 0 Å². The maximum Gasteiger partial charge on any atom is 0.251 e. The van der Waals surface area contributed by atoms with Gasteiger partial charge in [-0.25, -0.2) is 14.6 Å². The van der Waals surface area contributed by atoms with Crippen molar-refractivity contribution in [2.24, 2.45) is 0 Å². The lowest BCUT2D eigenvalue weighted by Gasteiger charge is -2.09. The Morgan fingerprint density at radius 2 is 1.81 bits per heavy atom. The van der Waals surface area contributed by atoms with Crippen LogP contribution in [0.3, 0.4) is 0 Å². The van der Waals surface area contributed by atoms with Gasteiger partial charge in [-0.15, -0.1) is 0 Å². The van der Waals surface area contributed by atoms with Gasteiger partial charge in [0.2, 0.25) is 0 Å². The molecule has 0 saturated carbocycles. The maximum absolute atomic E-state index is 12.2. The highest BCUT2D eigenvalue weighted by Crippen LogP contribution is 2.09. The van der Waals surface area contributed by atoms with E-state index in [2.05, 4.69) is 25.7 Å². The lowest BCUT2D eigenvalue weighted by molar-refractivity contribution is 0.0955. The number of amides is 1. The number of hydrogen-bond acceptors (Lipinski definition) is 5. The van der Waals surface area contributed by atoms with E-state index in [1.165, 1.54) is 6.33 Å². The molecule has 1 amide bonds. The number of nitrogens with zero attached hydrogens (tertiary/aromatic N) is 4. The first-order valence-electron chi connectivity index (χ1n) is 8.46. The summed E-state index contributed by atoms with van der Waals surface area (Å²) in [6.45, 7) is 6.95. The van der Waals surface area contributed by atoms with Crippen LogP contribution >= 0.6 is 0 Å². The van der Waals surface area contributed by atoms with Gasteiger partial charge in [0.15, 0.2) is 5.82 Å². The van der Waals surface area contributed by atoms with E-state index < -0.39 is 0 Å². The van der Waals surface area contributed by atoms with E-state index >= 15 is 0 Å². The Morgan fingerprint density at radius 1 is 1.04 bits per heavy atom. The van der Waals surface area contributed by atoms with Crippen LogP contribution in [0, 0.1) is 20.8 Å². The monoisotopic (exact) mass is 350 g/mol. The number of aromatic nitrogens is 4. The van der Waals surface area contributed by atoms with Crippen LogP contribution in [0.4, 0.5) is 5.82 Å². The standard InChI is InChI=1S/C19H22N6O/c1-13-8-14(2)10-16(9-13)19(26)21-6-5-20-17-11-18(23-12-22-17)25-7-4-15(3)24-25/h4,7-12H,5-6H2,1-3H3,(H,21,26)(H,20,22,23). The van der Waals surface area contributed by atoms with Gasteiger partial charge in [-0.3, -0.25) is 4.79 Å². The Labute approximate surface area is 152 Å². The molecule has 0 unspecified atom stereocenters. The fourth-order valence-electron chi connectivity index (χ4n) is 2.69. The van der Waals surface area contributed by atoms with Crippen LogP contribution in [-0.2, 0) is 0 Å². The number of carbonyl (C=O) groups excluding carboxylic acids is 1. The highest BCUT2D eigenvalue weighted by atomic mass is 16.1. The number of rotatable bonds is 6. The van der Waals surface area contributed by atoms with Gasteiger partial charge in [0.25, 0.3) is 5.91 Å². The molecule has 0 aliphatic heterocycles. The average molecular weight is 350 g/mol. The van der Waals surface area contributed by atoms with Gasteiger partial charge < -0.3 is 10.6 Å². The molecule has 1 aromatic carbocycles. The molecule has 0 bridgehead atoms. The molecule has 2 N–H and O–H groups in total. The van der Waals surface area contributed by atoms with E-state index in [-0.39, 0.29) is 5.91 Å². The van der Waals surface area contributed by atoms with Crippen molar-refractivity contribution in [2.45, 2.75) is 20.8 Å². The molecule has 7 nitrogen and oxygen atoms in total. The molecule has 0 radical (unpaired) electrons. The molecule has 2 heterocycles. The zero-order chi connectivity index (χ0) is 18.5.